The van der Waals surface area contributed by atoms with Crippen molar-refractivity contribution in [2.75, 3.05) is 7.05 Å². The van der Waals surface area contributed by atoms with Crippen molar-refractivity contribution < 1.29 is 22.3 Å². The molecule has 1 saturated carbocycles. The average molecular weight is 397 g/mol. The van der Waals surface area contributed by atoms with E-state index in [0.29, 0.717) is 19.3 Å². The number of nitrogens with zero attached hydrogens (tertiary/aromatic N) is 2. The van der Waals surface area contributed by atoms with Gasteiger partial charge in [-0.05, 0) is 46.1 Å². The molecule has 0 spiro atoms. The number of benzene rings is 1. The van der Waals surface area contributed by atoms with Gasteiger partial charge in [-0.2, -0.15) is 0 Å². The predicted octanol–water partition coefficient (Wildman–Crippen LogP) is 2.73. The summed E-state index contributed by atoms with van der Waals surface area (Å²) in [4.78, 5) is 16.0. The SMILES string of the molecule is CN1/C(=N\C(=O)OC(C)(C)C)NC2(c3ccccc3F)CCCC2S1(=O)=O. The summed E-state index contributed by atoms with van der Waals surface area (Å²) in [6.07, 6.45) is 0.512. The van der Waals surface area contributed by atoms with E-state index >= 15 is 0 Å². The van der Waals surface area contributed by atoms with Crippen LogP contribution in [0.4, 0.5) is 9.18 Å². The normalized spacial score (nSPS) is 28.6. The van der Waals surface area contributed by atoms with E-state index in [1.807, 2.05) is 0 Å². The van der Waals surface area contributed by atoms with Crippen LogP contribution in [0.3, 0.4) is 0 Å². The van der Waals surface area contributed by atoms with Gasteiger partial charge in [-0.3, -0.25) is 0 Å². The van der Waals surface area contributed by atoms with E-state index in [1.165, 1.54) is 13.1 Å². The van der Waals surface area contributed by atoms with E-state index in [4.69, 9.17) is 4.74 Å². The van der Waals surface area contributed by atoms with Crippen molar-refractivity contribution >= 4 is 22.1 Å². The molecule has 0 radical (unpaired) electrons. The molecule has 7 nitrogen and oxygen atoms in total. The first-order valence-electron chi connectivity index (χ1n) is 8.80. The van der Waals surface area contributed by atoms with Crippen LogP contribution in [0.1, 0.15) is 45.6 Å². The van der Waals surface area contributed by atoms with E-state index < -0.39 is 38.3 Å². The highest BCUT2D eigenvalue weighted by molar-refractivity contribution is 7.90. The summed E-state index contributed by atoms with van der Waals surface area (Å²) >= 11 is 0. The molecule has 0 bridgehead atoms. The second-order valence-electron chi connectivity index (χ2n) is 7.89. The van der Waals surface area contributed by atoms with Crippen LogP contribution in [0.5, 0.6) is 0 Å². The lowest BCUT2D eigenvalue weighted by Gasteiger charge is -2.45. The Morgan fingerprint density at radius 2 is 2.04 bits per heavy atom. The Balaban J connectivity index is 2.09. The fourth-order valence-corrected chi connectivity index (χ4v) is 5.76. The number of ether oxygens (including phenoxy) is 1. The number of sulfonamides is 1. The minimum absolute atomic E-state index is 0.161. The Labute approximate surface area is 158 Å². The second kappa shape index (κ2) is 6.47. The Bertz CT molecular complexity index is 894. The molecule has 0 aromatic heterocycles. The van der Waals surface area contributed by atoms with E-state index in [2.05, 4.69) is 10.3 Å². The van der Waals surface area contributed by atoms with Gasteiger partial charge in [0.2, 0.25) is 16.0 Å². The number of fused-ring (bicyclic) bond motifs is 1. The van der Waals surface area contributed by atoms with Gasteiger partial charge in [-0.15, -0.1) is 4.99 Å². The molecule has 1 aliphatic heterocycles. The summed E-state index contributed by atoms with van der Waals surface area (Å²) in [5.74, 6) is -0.654. The van der Waals surface area contributed by atoms with Crippen molar-refractivity contribution in [1.82, 2.24) is 9.62 Å². The molecular weight excluding hydrogens is 373 g/mol. The van der Waals surface area contributed by atoms with Gasteiger partial charge < -0.3 is 10.1 Å². The number of rotatable bonds is 1. The molecule has 2 unspecified atom stereocenters. The van der Waals surface area contributed by atoms with Crippen LogP contribution in [0.15, 0.2) is 29.3 Å². The van der Waals surface area contributed by atoms with Gasteiger partial charge in [0, 0.05) is 12.6 Å². The minimum Gasteiger partial charge on any atom is -0.442 e. The Morgan fingerprint density at radius 3 is 2.67 bits per heavy atom. The van der Waals surface area contributed by atoms with Crippen molar-refractivity contribution in [2.45, 2.75) is 56.4 Å². The van der Waals surface area contributed by atoms with Crippen LogP contribution >= 0.6 is 0 Å². The monoisotopic (exact) mass is 397 g/mol. The van der Waals surface area contributed by atoms with Crippen LogP contribution in [-0.4, -0.2) is 42.7 Å². The maximum atomic E-state index is 14.6. The van der Waals surface area contributed by atoms with Crippen molar-refractivity contribution in [2.24, 2.45) is 4.99 Å². The highest BCUT2D eigenvalue weighted by Gasteiger charge is 2.58. The van der Waals surface area contributed by atoms with Crippen LogP contribution < -0.4 is 5.32 Å². The molecule has 1 aromatic carbocycles. The van der Waals surface area contributed by atoms with Gasteiger partial charge in [-0.25, -0.2) is 21.9 Å². The van der Waals surface area contributed by atoms with E-state index in [-0.39, 0.29) is 11.5 Å². The lowest BCUT2D eigenvalue weighted by atomic mass is 9.87. The summed E-state index contributed by atoms with van der Waals surface area (Å²) in [5, 5.41) is 2.22. The smallest absolute Gasteiger partial charge is 0.437 e. The molecule has 1 heterocycles. The number of aliphatic imine (C=N–C) groups is 1. The summed E-state index contributed by atoms with van der Waals surface area (Å²) in [7, 11) is -2.51. The van der Waals surface area contributed by atoms with Crippen LogP contribution in [-0.2, 0) is 20.3 Å². The van der Waals surface area contributed by atoms with Crippen LogP contribution in [0, 0.1) is 5.82 Å². The third-order valence-corrected chi connectivity index (χ3v) is 7.20. The van der Waals surface area contributed by atoms with E-state index in [9.17, 15) is 17.6 Å². The van der Waals surface area contributed by atoms with Gasteiger partial charge in [-0.1, -0.05) is 18.2 Å². The van der Waals surface area contributed by atoms with Gasteiger partial charge in [0.1, 0.15) is 16.7 Å². The van der Waals surface area contributed by atoms with Gasteiger partial charge in [0.15, 0.2) is 0 Å². The van der Waals surface area contributed by atoms with E-state index in [1.54, 1.807) is 39.0 Å². The fourth-order valence-electron chi connectivity index (χ4n) is 3.78. The first kappa shape index (κ1) is 19.6. The number of carbonyl (C=O) groups is 1. The average Bonchev–Trinajstić information content (AvgIpc) is 2.97. The maximum Gasteiger partial charge on any atom is 0.437 e. The molecule has 27 heavy (non-hydrogen) atoms. The zero-order chi connectivity index (χ0) is 20.0. The number of amides is 1. The summed E-state index contributed by atoms with van der Waals surface area (Å²) in [6.45, 7) is 5.06. The zero-order valence-electron chi connectivity index (χ0n) is 15.8. The first-order valence-corrected chi connectivity index (χ1v) is 10.3. The van der Waals surface area contributed by atoms with Crippen LogP contribution in [0.2, 0.25) is 0 Å². The number of guanidine groups is 1. The molecule has 9 heteroatoms. The third kappa shape index (κ3) is 3.40. The third-order valence-electron chi connectivity index (χ3n) is 4.91. The summed E-state index contributed by atoms with van der Waals surface area (Å²) in [6, 6.07) is 6.10. The predicted molar refractivity (Wildman–Crippen MR) is 99.2 cm³/mol. The maximum absolute atomic E-state index is 14.6. The molecule has 1 aromatic rings. The molecule has 148 valence electrons. The molecular formula is C18H24FN3O4S. The van der Waals surface area contributed by atoms with Crippen molar-refractivity contribution in [3.05, 3.63) is 35.6 Å². The molecule has 1 aliphatic carbocycles. The minimum atomic E-state index is -3.84. The molecule has 2 fully saturated rings. The van der Waals surface area contributed by atoms with Gasteiger partial charge >= 0.3 is 6.09 Å². The highest BCUT2D eigenvalue weighted by atomic mass is 32.2. The largest absolute Gasteiger partial charge is 0.442 e. The quantitative estimate of drug-likeness (QED) is 0.787. The molecule has 1 amide bonds. The molecule has 1 N–H and O–H groups in total. The number of nitrogens with one attached hydrogen (secondary N) is 1. The van der Waals surface area contributed by atoms with Gasteiger partial charge in [0.25, 0.3) is 0 Å². The topological polar surface area (TPSA) is 88.1 Å². The molecule has 2 atom stereocenters. The Kier molecular flexibility index (Phi) is 4.70. The van der Waals surface area contributed by atoms with Crippen LogP contribution in [0.25, 0.3) is 0 Å². The Morgan fingerprint density at radius 1 is 1.37 bits per heavy atom. The Hall–Kier alpha value is -2.16. The van der Waals surface area contributed by atoms with Gasteiger partial charge in [0.05, 0.1) is 5.54 Å². The standard InChI is InChI=1S/C18H24FN3O4S/c1-17(2,3)26-16(23)20-15-21-18(12-8-5-6-9-13(12)19)11-7-10-14(18)27(24,25)22(15)4/h5-6,8-9,14H,7,10-11H2,1-4H3,(H,20,21,23). The second-order valence-corrected chi connectivity index (χ2v) is 10.0. The molecule has 1 saturated heterocycles. The number of hydrogen-bond donors (Lipinski definition) is 1. The first-order chi connectivity index (χ1) is 12.5. The fraction of sp³-hybridized carbons (Fsp3) is 0.556. The highest BCUT2D eigenvalue weighted by Crippen LogP contribution is 2.46. The molecule has 3 rings (SSSR count). The van der Waals surface area contributed by atoms with Crippen molar-refractivity contribution in [3.63, 3.8) is 0 Å². The summed E-state index contributed by atoms with van der Waals surface area (Å²) < 4.78 is 46.9. The molecule has 2 aliphatic rings. The number of carbonyl (C=O) groups excluding carboxylic acids is 1. The van der Waals surface area contributed by atoms with Crippen molar-refractivity contribution in [3.8, 4) is 0 Å². The summed E-state index contributed by atoms with van der Waals surface area (Å²) in [5.41, 5.74) is -1.68. The number of hydrogen-bond acceptors (Lipinski definition) is 4. The zero-order valence-corrected chi connectivity index (χ0v) is 16.6. The lowest BCUT2D eigenvalue weighted by molar-refractivity contribution is 0.0601. The van der Waals surface area contributed by atoms with E-state index in [0.717, 1.165) is 4.31 Å². The number of halogens is 1. The lowest BCUT2D eigenvalue weighted by Crippen LogP contribution is -2.65. The van der Waals surface area contributed by atoms with Crippen molar-refractivity contribution in [1.29, 1.82) is 0 Å².